The van der Waals surface area contributed by atoms with Crippen LogP contribution in [0.15, 0.2) is 36.7 Å². The molecule has 0 saturated heterocycles. The molecule has 0 fully saturated rings. The Balaban J connectivity index is 2.42. The molecule has 0 spiro atoms. The molecule has 2 rings (SSSR count). The molecular weight excluding hydrogens is 224 g/mol. The Morgan fingerprint density at radius 2 is 2.06 bits per heavy atom. The van der Waals surface area contributed by atoms with E-state index in [1.54, 1.807) is 24.4 Å². The summed E-state index contributed by atoms with van der Waals surface area (Å²) in [5.74, 6) is -0.214. The van der Waals surface area contributed by atoms with Gasteiger partial charge in [0.15, 0.2) is 5.82 Å². The highest BCUT2D eigenvalue weighted by atomic mass is 35.5. The van der Waals surface area contributed by atoms with Crippen molar-refractivity contribution in [2.24, 2.45) is 0 Å². The summed E-state index contributed by atoms with van der Waals surface area (Å²) in [4.78, 5) is 12.2. The lowest BCUT2D eigenvalue weighted by molar-refractivity contribution is 0.858. The summed E-state index contributed by atoms with van der Waals surface area (Å²) in [6.45, 7) is 0. The molecule has 78 valence electrons. The van der Waals surface area contributed by atoms with E-state index in [1.807, 2.05) is 6.07 Å². The summed E-state index contributed by atoms with van der Waals surface area (Å²) < 4.78 is 0. The lowest BCUT2D eigenvalue weighted by Crippen LogP contribution is -2.05. The van der Waals surface area contributed by atoms with E-state index in [4.69, 9.17) is 16.9 Å². The predicted octanol–water partition coefficient (Wildman–Crippen LogP) is 2.18. The Bertz CT molecular complexity index is 521. The van der Waals surface area contributed by atoms with E-state index in [1.165, 1.54) is 6.20 Å². The van der Waals surface area contributed by atoms with Gasteiger partial charge in [0.1, 0.15) is 11.1 Å². The van der Waals surface area contributed by atoms with Crippen LogP contribution in [0.5, 0.6) is 0 Å². The van der Waals surface area contributed by atoms with Crippen molar-refractivity contribution in [3.05, 3.63) is 53.3 Å². The van der Waals surface area contributed by atoms with Gasteiger partial charge in [0, 0.05) is 12.4 Å². The van der Waals surface area contributed by atoms with Gasteiger partial charge in [0.05, 0.1) is 11.8 Å². The highest BCUT2D eigenvalue weighted by molar-refractivity contribution is 6.29. The van der Waals surface area contributed by atoms with Crippen LogP contribution < -0.4 is 0 Å². The summed E-state index contributed by atoms with van der Waals surface area (Å²) in [6.07, 6.45) is 3.15. The third-order valence-electron chi connectivity index (χ3n) is 2.01. The SMILES string of the molecule is N#CC(c1ccccn1)c1nccc(Cl)n1. The fourth-order valence-electron chi connectivity index (χ4n) is 1.29. The van der Waals surface area contributed by atoms with Crippen LogP contribution in [0.4, 0.5) is 0 Å². The van der Waals surface area contributed by atoms with Crippen LogP contribution in [0, 0.1) is 11.3 Å². The molecule has 4 nitrogen and oxygen atoms in total. The number of hydrogen-bond donors (Lipinski definition) is 0. The first-order chi connectivity index (χ1) is 7.81. The van der Waals surface area contributed by atoms with E-state index in [0.29, 0.717) is 16.7 Å². The average Bonchev–Trinajstić information content (AvgIpc) is 2.31. The Kier molecular flexibility index (Phi) is 3.08. The van der Waals surface area contributed by atoms with Gasteiger partial charge >= 0.3 is 0 Å². The summed E-state index contributed by atoms with van der Waals surface area (Å²) in [6, 6.07) is 9.05. The maximum absolute atomic E-state index is 9.11. The van der Waals surface area contributed by atoms with Crippen molar-refractivity contribution in [3.63, 3.8) is 0 Å². The zero-order valence-electron chi connectivity index (χ0n) is 8.21. The quantitative estimate of drug-likeness (QED) is 0.742. The van der Waals surface area contributed by atoms with Crippen LogP contribution in [0.25, 0.3) is 0 Å². The summed E-state index contributed by atoms with van der Waals surface area (Å²) in [5.41, 5.74) is 0.618. The topological polar surface area (TPSA) is 62.5 Å². The molecule has 2 aromatic rings. The molecule has 5 heteroatoms. The Hall–Kier alpha value is -1.99. The molecule has 0 aliphatic heterocycles. The molecule has 0 aliphatic rings. The third-order valence-corrected chi connectivity index (χ3v) is 2.22. The van der Waals surface area contributed by atoms with Crippen LogP contribution in [0.1, 0.15) is 17.4 Å². The van der Waals surface area contributed by atoms with E-state index in [9.17, 15) is 0 Å². The minimum atomic E-state index is -0.583. The van der Waals surface area contributed by atoms with Gasteiger partial charge < -0.3 is 0 Å². The molecule has 0 N–H and O–H groups in total. The molecule has 0 aromatic carbocycles. The molecule has 0 radical (unpaired) electrons. The number of aromatic nitrogens is 3. The summed E-state index contributed by atoms with van der Waals surface area (Å²) in [5, 5.41) is 9.43. The monoisotopic (exact) mass is 230 g/mol. The number of rotatable bonds is 2. The first-order valence-electron chi connectivity index (χ1n) is 4.60. The number of nitriles is 1. The third kappa shape index (κ3) is 2.15. The molecular formula is C11H7ClN4. The zero-order chi connectivity index (χ0) is 11.4. The van der Waals surface area contributed by atoms with Crippen molar-refractivity contribution < 1.29 is 0 Å². The van der Waals surface area contributed by atoms with Gasteiger partial charge in [-0.25, -0.2) is 9.97 Å². The molecule has 1 atom stereocenters. The van der Waals surface area contributed by atoms with Gasteiger partial charge in [-0.3, -0.25) is 4.98 Å². The number of hydrogen-bond acceptors (Lipinski definition) is 4. The molecule has 0 bridgehead atoms. The maximum Gasteiger partial charge on any atom is 0.153 e. The highest BCUT2D eigenvalue weighted by Gasteiger charge is 2.17. The smallest absolute Gasteiger partial charge is 0.153 e. The summed E-state index contributed by atoms with van der Waals surface area (Å²) >= 11 is 5.75. The van der Waals surface area contributed by atoms with Crippen LogP contribution in [-0.4, -0.2) is 15.0 Å². The summed E-state index contributed by atoms with van der Waals surface area (Å²) in [7, 11) is 0. The lowest BCUT2D eigenvalue weighted by atomic mass is 10.1. The molecule has 0 amide bonds. The number of pyridine rings is 1. The zero-order valence-corrected chi connectivity index (χ0v) is 8.96. The van der Waals surface area contributed by atoms with Gasteiger partial charge in [-0.15, -0.1) is 0 Å². The fraction of sp³-hybridized carbons (Fsp3) is 0.0909. The van der Waals surface area contributed by atoms with Gasteiger partial charge in [0.25, 0.3) is 0 Å². The molecule has 0 aliphatic carbocycles. The molecule has 0 saturated carbocycles. The average molecular weight is 231 g/mol. The predicted molar refractivity (Wildman–Crippen MR) is 58.7 cm³/mol. The maximum atomic E-state index is 9.11. The normalized spacial score (nSPS) is 11.8. The van der Waals surface area contributed by atoms with E-state index in [-0.39, 0.29) is 0 Å². The molecule has 2 aromatic heterocycles. The van der Waals surface area contributed by atoms with Crippen molar-refractivity contribution in [3.8, 4) is 6.07 Å². The van der Waals surface area contributed by atoms with E-state index in [2.05, 4.69) is 21.0 Å². The minimum Gasteiger partial charge on any atom is -0.259 e. The highest BCUT2D eigenvalue weighted by Crippen LogP contribution is 2.19. The lowest BCUT2D eigenvalue weighted by Gasteiger charge is -2.06. The van der Waals surface area contributed by atoms with Crippen molar-refractivity contribution in [2.45, 2.75) is 5.92 Å². The second-order valence-corrected chi connectivity index (χ2v) is 3.44. The first kappa shape index (κ1) is 10.5. The Morgan fingerprint density at radius 1 is 1.19 bits per heavy atom. The van der Waals surface area contributed by atoms with Crippen LogP contribution >= 0.6 is 11.6 Å². The van der Waals surface area contributed by atoms with Gasteiger partial charge in [-0.05, 0) is 18.2 Å². The van der Waals surface area contributed by atoms with E-state index in [0.717, 1.165) is 0 Å². The van der Waals surface area contributed by atoms with Crippen LogP contribution in [-0.2, 0) is 0 Å². The van der Waals surface area contributed by atoms with E-state index < -0.39 is 5.92 Å². The Morgan fingerprint density at radius 3 is 2.69 bits per heavy atom. The van der Waals surface area contributed by atoms with Gasteiger partial charge in [-0.2, -0.15) is 5.26 Å². The largest absolute Gasteiger partial charge is 0.259 e. The molecule has 2 heterocycles. The molecule has 1 unspecified atom stereocenters. The minimum absolute atomic E-state index is 0.321. The van der Waals surface area contributed by atoms with E-state index >= 15 is 0 Å². The second-order valence-electron chi connectivity index (χ2n) is 3.05. The number of halogens is 1. The first-order valence-corrected chi connectivity index (χ1v) is 4.98. The second kappa shape index (κ2) is 4.69. The van der Waals surface area contributed by atoms with Crippen molar-refractivity contribution in [1.29, 1.82) is 5.26 Å². The number of nitrogens with zero attached hydrogens (tertiary/aromatic N) is 4. The van der Waals surface area contributed by atoms with Gasteiger partial charge in [-0.1, -0.05) is 17.7 Å². The van der Waals surface area contributed by atoms with Gasteiger partial charge in [0.2, 0.25) is 0 Å². The van der Waals surface area contributed by atoms with Crippen LogP contribution in [0.3, 0.4) is 0 Å². The Labute approximate surface area is 97.6 Å². The standard InChI is InChI=1S/C11H7ClN4/c12-10-4-6-15-11(16-10)8(7-13)9-3-1-2-5-14-9/h1-6,8H. The van der Waals surface area contributed by atoms with Crippen molar-refractivity contribution in [2.75, 3.05) is 0 Å². The van der Waals surface area contributed by atoms with Crippen molar-refractivity contribution in [1.82, 2.24) is 15.0 Å². The van der Waals surface area contributed by atoms with Crippen LogP contribution in [0.2, 0.25) is 5.15 Å². The molecule has 16 heavy (non-hydrogen) atoms. The van der Waals surface area contributed by atoms with Crippen molar-refractivity contribution >= 4 is 11.6 Å². The fourth-order valence-corrected chi connectivity index (χ4v) is 1.44.